The normalized spacial score (nSPS) is 23.6. The molecule has 0 unspecified atom stereocenters. The zero-order valence-electron chi connectivity index (χ0n) is 16.2. The lowest BCUT2D eigenvalue weighted by molar-refractivity contribution is -0.139. The summed E-state index contributed by atoms with van der Waals surface area (Å²) in [5, 5.41) is 2.88. The third kappa shape index (κ3) is 5.44. The molecule has 3 rings (SSSR count). The van der Waals surface area contributed by atoms with Gasteiger partial charge in [-0.2, -0.15) is 0 Å². The maximum Gasteiger partial charge on any atom is 0.225 e. The first kappa shape index (κ1) is 19.7. The Morgan fingerprint density at radius 2 is 1.63 bits per heavy atom. The van der Waals surface area contributed by atoms with Crippen molar-refractivity contribution in [3.05, 3.63) is 48.6 Å². The Kier molecular flexibility index (Phi) is 7.08. The van der Waals surface area contributed by atoms with Crippen molar-refractivity contribution in [2.75, 3.05) is 19.6 Å². The molecule has 1 heterocycles. The molecule has 1 N–H and O–H groups in total. The van der Waals surface area contributed by atoms with E-state index in [1.165, 1.54) is 5.56 Å². The first-order valence-corrected chi connectivity index (χ1v) is 10.4. The zero-order chi connectivity index (χ0) is 19.1. The van der Waals surface area contributed by atoms with Crippen LogP contribution < -0.4 is 5.32 Å². The Morgan fingerprint density at radius 3 is 2.26 bits per heavy atom. The van der Waals surface area contributed by atoms with Crippen LogP contribution >= 0.6 is 0 Å². The SMILES string of the molecule is C=CCNC(=O)C1CCC(C(=O)N2CCC(Cc3ccccc3)CC2)CC1. The van der Waals surface area contributed by atoms with Crippen molar-refractivity contribution < 1.29 is 9.59 Å². The summed E-state index contributed by atoms with van der Waals surface area (Å²) < 4.78 is 0. The van der Waals surface area contributed by atoms with Crippen LogP contribution in [0.5, 0.6) is 0 Å². The summed E-state index contributed by atoms with van der Waals surface area (Å²) in [4.78, 5) is 27.0. The Morgan fingerprint density at radius 1 is 1.00 bits per heavy atom. The molecule has 0 bridgehead atoms. The minimum Gasteiger partial charge on any atom is -0.352 e. The summed E-state index contributed by atoms with van der Waals surface area (Å²) >= 11 is 0. The van der Waals surface area contributed by atoms with E-state index >= 15 is 0 Å². The Labute approximate surface area is 163 Å². The summed E-state index contributed by atoms with van der Waals surface area (Å²) in [6.07, 6.45) is 8.35. The van der Waals surface area contributed by atoms with E-state index in [0.717, 1.165) is 58.0 Å². The van der Waals surface area contributed by atoms with Gasteiger partial charge in [-0.1, -0.05) is 36.4 Å². The molecule has 146 valence electrons. The molecule has 2 amide bonds. The van der Waals surface area contributed by atoms with Crippen LogP contribution in [0.1, 0.15) is 44.1 Å². The van der Waals surface area contributed by atoms with Gasteiger partial charge in [0.15, 0.2) is 0 Å². The molecule has 2 fully saturated rings. The predicted octanol–water partition coefficient (Wildman–Crippen LogP) is 3.58. The summed E-state index contributed by atoms with van der Waals surface area (Å²) in [5.41, 5.74) is 1.40. The molecule has 0 radical (unpaired) electrons. The van der Waals surface area contributed by atoms with Gasteiger partial charge in [0, 0.05) is 31.5 Å². The molecule has 1 aliphatic carbocycles. The van der Waals surface area contributed by atoms with Gasteiger partial charge in [0.05, 0.1) is 0 Å². The van der Waals surface area contributed by atoms with Gasteiger partial charge in [-0.05, 0) is 56.4 Å². The van der Waals surface area contributed by atoms with Crippen LogP contribution in [0.2, 0.25) is 0 Å². The number of rotatable bonds is 6. The summed E-state index contributed by atoms with van der Waals surface area (Å²) in [6.45, 7) is 5.92. The van der Waals surface area contributed by atoms with Gasteiger partial charge < -0.3 is 10.2 Å². The van der Waals surface area contributed by atoms with E-state index in [0.29, 0.717) is 18.4 Å². The molecule has 0 aromatic heterocycles. The van der Waals surface area contributed by atoms with Crippen LogP contribution in [0.25, 0.3) is 0 Å². The minimum atomic E-state index is 0.0607. The number of nitrogens with zero attached hydrogens (tertiary/aromatic N) is 1. The maximum atomic E-state index is 12.9. The molecule has 1 aromatic rings. The van der Waals surface area contributed by atoms with Gasteiger partial charge in [-0.25, -0.2) is 0 Å². The lowest BCUT2D eigenvalue weighted by atomic mass is 9.80. The molecular weight excluding hydrogens is 336 g/mol. The summed E-state index contributed by atoms with van der Waals surface area (Å²) in [7, 11) is 0. The summed E-state index contributed by atoms with van der Waals surface area (Å²) in [6, 6.07) is 10.6. The number of hydrogen-bond acceptors (Lipinski definition) is 2. The number of amides is 2. The van der Waals surface area contributed by atoms with Crippen molar-refractivity contribution in [3.8, 4) is 0 Å². The highest BCUT2D eigenvalue weighted by atomic mass is 16.2. The second-order valence-corrected chi connectivity index (χ2v) is 8.04. The monoisotopic (exact) mass is 368 g/mol. The van der Waals surface area contributed by atoms with Gasteiger partial charge in [-0.3, -0.25) is 9.59 Å². The van der Waals surface area contributed by atoms with E-state index in [9.17, 15) is 9.59 Å². The molecule has 2 aliphatic rings. The third-order valence-corrected chi connectivity index (χ3v) is 6.16. The second-order valence-electron chi connectivity index (χ2n) is 8.04. The van der Waals surface area contributed by atoms with E-state index in [-0.39, 0.29) is 17.7 Å². The lowest BCUT2D eigenvalue weighted by Crippen LogP contribution is -2.43. The number of piperidine rings is 1. The fourth-order valence-electron chi connectivity index (χ4n) is 4.48. The molecule has 4 heteroatoms. The van der Waals surface area contributed by atoms with Crippen molar-refractivity contribution in [2.45, 2.75) is 44.9 Å². The van der Waals surface area contributed by atoms with Crippen molar-refractivity contribution in [3.63, 3.8) is 0 Å². The van der Waals surface area contributed by atoms with E-state index < -0.39 is 0 Å². The van der Waals surface area contributed by atoms with Crippen LogP contribution in [0.15, 0.2) is 43.0 Å². The van der Waals surface area contributed by atoms with Crippen LogP contribution in [0, 0.1) is 17.8 Å². The number of hydrogen-bond donors (Lipinski definition) is 1. The first-order valence-electron chi connectivity index (χ1n) is 10.4. The van der Waals surface area contributed by atoms with E-state index in [1.807, 2.05) is 0 Å². The number of carbonyl (C=O) groups excluding carboxylic acids is 2. The topological polar surface area (TPSA) is 49.4 Å². The van der Waals surface area contributed by atoms with Crippen molar-refractivity contribution in [1.82, 2.24) is 10.2 Å². The fraction of sp³-hybridized carbons (Fsp3) is 0.565. The Bertz CT molecular complexity index is 627. The highest BCUT2D eigenvalue weighted by Gasteiger charge is 2.33. The minimum absolute atomic E-state index is 0.0607. The molecule has 0 atom stereocenters. The van der Waals surface area contributed by atoms with Crippen molar-refractivity contribution in [2.24, 2.45) is 17.8 Å². The van der Waals surface area contributed by atoms with Crippen molar-refractivity contribution in [1.29, 1.82) is 0 Å². The summed E-state index contributed by atoms with van der Waals surface area (Å²) in [5.74, 6) is 1.28. The Balaban J connectivity index is 1.41. The third-order valence-electron chi connectivity index (χ3n) is 6.16. The first-order chi connectivity index (χ1) is 13.2. The fourth-order valence-corrected chi connectivity index (χ4v) is 4.48. The predicted molar refractivity (Wildman–Crippen MR) is 108 cm³/mol. The lowest BCUT2D eigenvalue weighted by Gasteiger charge is -2.36. The van der Waals surface area contributed by atoms with Gasteiger partial charge in [0.1, 0.15) is 0 Å². The molecule has 4 nitrogen and oxygen atoms in total. The Hall–Kier alpha value is -2.10. The van der Waals surface area contributed by atoms with E-state index in [4.69, 9.17) is 0 Å². The molecule has 1 saturated carbocycles. The van der Waals surface area contributed by atoms with E-state index in [1.54, 1.807) is 6.08 Å². The number of nitrogens with one attached hydrogen (secondary N) is 1. The molecule has 1 aliphatic heterocycles. The molecule has 1 aromatic carbocycles. The average Bonchev–Trinajstić information content (AvgIpc) is 2.73. The second kappa shape index (κ2) is 9.72. The smallest absolute Gasteiger partial charge is 0.225 e. The van der Waals surface area contributed by atoms with E-state index in [2.05, 4.69) is 47.1 Å². The molecule has 0 spiro atoms. The number of carbonyl (C=O) groups is 2. The van der Waals surface area contributed by atoms with Gasteiger partial charge in [0.25, 0.3) is 0 Å². The van der Waals surface area contributed by atoms with Gasteiger partial charge in [-0.15, -0.1) is 6.58 Å². The van der Waals surface area contributed by atoms with Crippen LogP contribution in [0.4, 0.5) is 0 Å². The highest BCUT2D eigenvalue weighted by molar-refractivity contribution is 5.81. The van der Waals surface area contributed by atoms with Crippen molar-refractivity contribution >= 4 is 11.8 Å². The molecule has 1 saturated heterocycles. The highest BCUT2D eigenvalue weighted by Crippen LogP contribution is 2.31. The van der Waals surface area contributed by atoms with Gasteiger partial charge >= 0.3 is 0 Å². The van der Waals surface area contributed by atoms with Gasteiger partial charge in [0.2, 0.25) is 11.8 Å². The zero-order valence-corrected chi connectivity index (χ0v) is 16.2. The quantitative estimate of drug-likeness (QED) is 0.780. The largest absolute Gasteiger partial charge is 0.352 e. The number of benzene rings is 1. The van der Waals surface area contributed by atoms with Crippen LogP contribution in [-0.4, -0.2) is 36.3 Å². The molecular formula is C23H32N2O2. The molecule has 27 heavy (non-hydrogen) atoms. The average molecular weight is 369 g/mol. The maximum absolute atomic E-state index is 12.9. The van der Waals surface area contributed by atoms with Crippen LogP contribution in [-0.2, 0) is 16.0 Å². The number of likely N-dealkylation sites (tertiary alicyclic amines) is 1. The standard InChI is InChI=1S/C23H32N2O2/c1-2-14-24-22(26)20-8-10-21(11-9-20)23(27)25-15-12-19(13-16-25)17-18-6-4-3-5-7-18/h2-7,19-21H,1,8-17H2,(H,24,26). The van der Waals surface area contributed by atoms with Crippen LogP contribution in [0.3, 0.4) is 0 Å².